The standard InChI is InChI=1S/C38H47FN4O5S/c1-37(2,3)48-36(45)43-15-11-29(46-5)23-47-31(22-43)35(44)41-28(21-40)18-26-8-9-27-20-32(49-34(27)33(26)39)25-7-6-24-10-12-38(30(24)19-25)13-16-42(4)17-14-38/h6-9,19-20,28-29,31H,10-18,22-23H2,1-5H3,(H,41,44)/t28?,29-,31+/m1/s1. The van der Waals surface area contributed by atoms with E-state index in [1.54, 1.807) is 33.9 Å². The van der Waals surface area contributed by atoms with Crippen LogP contribution in [0.2, 0.25) is 0 Å². The minimum Gasteiger partial charge on any atom is -0.444 e. The summed E-state index contributed by atoms with van der Waals surface area (Å²) in [6.45, 7) is 7.97. The van der Waals surface area contributed by atoms with Crippen LogP contribution in [0.1, 0.15) is 63.1 Å². The summed E-state index contributed by atoms with van der Waals surface area (Å²) in [6.07, 6.45) is 3.21. The van der Waals surface area contributed by atoms with E-state index in [4.69, 9.17) is 14.2 Å². The van der Waals surface area contributed by atoms with Gasteiger partial charge in [0.2, 0.25) is 0 Å². The number of aryl methyl sites for hydroxylation is 1. The van der Waals surface area contributed by atoms with Crippen LogP contribution in [0.3, 0.4) is 0 Å². The van der Waals surface area contributed by atoms with Crippen LogP contribution in [0.5, 0.6) is 0 Å². The molecule has 3 aromatic rings. The van der Waals surface area contributed by atoms with E-state index in [1.807, 2.05) is 12.1 Å². The fourth-order valence-electron chi connectivity index (χ4n) is 7.33. The molecule has 3 aliphatic rings. The van der Waals surface area contributed by atoms with E-state index >= 15 is 4.39 Å². The van der Waals surface area contributed by atoms with Crippen LogP contribution in [0.15, 0.2) is 36.4 Å². The molecule has 0 bridgehead atoms. The zero-order valence-electron chi connectivity index (χ0n) is 29.1. The number of nitrogens with one attached hydrogen (secondary N) is 1. The van der Waals surface area contributed by atoms with Gasteiger partial charge < -0.3 is 29.3 Å². The molecule has 1 spiro atoms. The first-order valence-corrected chi connectivity index (χ1v) is 18.1. The molecule has 49 heavy (non-hydrogen) atoms. The quantitative estimate of drug-likeness (QED) is 0.328. The van der Waals surface area contributed by atoms with Gasteiger partial charge in [-0.1, -0.05) is 24.3 Å². The molecule has 1 aliphatic carbocycles. The molecule has 3 heterocycles. The monoisotopic (exact) mass is 690 g/mol. The lowest BCUT2D eigenvalue weighted by molar-refractivity contribution is -0.139. The van der Waals surface area contributed by atoms with Crippen LogP contribution in [0, 0.1) is 17.1 Å². The van der Waals surface area contributed by atoms with Crippen molar-refractivity contribution in [3.8, 4) is 16.5 Å². The van der Waals surface area contributed by atoms with Gasteiger partial charge in [-0.2, -0.15) is 5.26 Å². The van der Waals surface area contributed by atoms with Crippen molar-refractivity contribution in [2.24, 2.45) is 0 Å². The number of likely N-dealkylation sites (tertiary alicyclic amines) is 1. The SMILES string of the molecule is CO[C@@H]1CCN(C(=O)OC(C)(C)C)C[C@@H](C(=O)NC(C#N)Cc2ccc3cc(-c4ccc5c(c4)C4(CC5)CCN(C)CC4)sc3c2F)OC1. The first-order chi connectivity index (χ1) is 23.4. The molecular formula is C38H47FN4O5S. The number of hydrogen-bond acceptors (Lipinski definition) is 8. The van der Waals surface area contributed by atoms with Crippen LogP contribution in [0.25, 0.3) is 20.5 Å². The number of halogens is 1. The second-order valence-electron chi connectivity index (χ2n) is 14.8. The van der Waals surface area contributed by atoms with Gasteiger partial charge in [0.25, 0.3) is 5.91 Å². The van der Waals surface area contributed by atoms with E-state index in [2.05, 4.69) is 41.5 Å². The van der Waals surface area contributed by atoms with E-state index in [9.17, 15) is 14.9 Å². The van der Waals surface area contributed by atoms with Crippen LogP contribution in [0.4, 0.5) is 9.18 Å². The minimum absolute atomic E-state index is 0.0176. The number of carbonyl (C=O) groups is 2. The Bertz CT molecular complexity index is 1740. The summed E-state index contributed by atoms with van der Waals surface area (Å²) >= 11 is 1.42. The summed E-state index contributed by atoms with van der Waals surface area (Å²) in [5, 5.41) is 13.5. The predicted molar refractivity (Wildman–Crippen MR) is 188 cm³/mol. The Kier molecular flexibility index (Phi) is 10.3. The summed E-state index contributed by atoms with van der Waals surface area (Å²) in [6, 6.07) is 13.5. The van der Waals surface area contributed by atoms with Gasteiger partial charge in [-0.3, -0.25) is 4.79 Å². The second-order valence-corrected chi connectivity index (χ2v) is 15.9. The van der Waals surface area contributed by atoms with E-state index < -0.39 is 29.7 Å². The molecule has 2 fully saturated rings. The number of methoxy groups -OCH3 is 1. The Hall–Kier alpha value is -3.56. The molecule has 6 rings (SSSR count). The highest BCUT2D eigenvalue weighted by Crippen LogP contribution is 2.48. The summed E-state index contributed by atoms with van der Waals surface area (Å²) in [4.78, 5) is 31.2. The fraction of sp³-hybridized carbons (Fsp3) is 0.553. The van der Waals surface area contributed by atoms with Gasteiger partial charge in [0.05, 0.1) is 30.0 Å². The Labute approximate surface area is 292 Å². The number of rotatable bonds is 6. The zero-order valence-corrected chi connectivity index (χ0v) is 30.0. The number of hydrogen-bond donors (Lipinski definition) is 1. The van der Waals surface area contributed by atoms with Gasteiger partial charge in [0.15, 0.2) is 6.10 Å². The molecule has 1 N–H and O–H groups in total. The van der Waals surface area contributed by atoms with Gasteiger partial charge in [-0.15, -0.1) is 11.3 Å². The van der Waals surface area contributed by atoms with E-state index in [1.165, 1.54) is 46.6 Å². The lowest BCUT2D eigenvalue weighted by Gasteiger charge is -2.38. The molecule has 3 atom stereocenters. The number of piperidine rings is 1. The van der Waals surface area contributed by atoms with Crippen molar-refractivity contribution in [2.45, 2.75) is 88.6 Å². The predicted octanol–water partition coefficient (Wildman–Crippen LogP) is 6.21. The number of ether oxygens (including phenoxy) is 3. The average Bonchev–Trinajstić information content (AvgIpc) is 3.65. The first kappa shape index (κ1) is 35.3. The van der Waals surface area contributed by atoms with Crippen molar-refractivity contribution < 1.29 is 28.2 Å². The van der Waals surface area contributed by atoms with Crippen molar-refractivity contribution in [3.05, 3.63) is 58.9 Å². The molecule has 2 amide bonds. The number of carbonyl (C=O) groups excluding carboxylic acids is 2. The highest BCUT2D eigenvalue weighted by atomic mass is 32.1. The molecule has 2 aromatic carbocycles. The number of benzene rings is 2. The van der Waals surface area contributed by atoms with E-state index in [0.717, 1.165) is 35.3 Å². The number of amides is 2. The lowest BCUT2D eigenvalue weighted by Crippen LogP contribution is -2.52. The molecule has 262 valence electrons. The number of nitriles is 1. The lowest BCUT2D eigenvalue weighted by atomic mass is 9.73. The third-order valence-corrected chi connectivity index (χ3v) is 11.4. The highest BCUT2D eigenvalue weighted by Gasteiger charge is 2.41. The summed E-state index contributed by atoms with van der Waals surface area (Å²) in [7, 11) is 3.74. The van der Waals surface area contributed by atoms with Gasteiger partial charge in [0.1, 0.15) is 17.5 Å². The van der Waals surface area contributed by atoms with Crippen LogP contribution < -0.4 is 5.32 Å². The smallest absolute Gasteiger partial charge is 0.410 e. The zero-order chi connectivity index (χ0) is 34.9. The normalized spacial score (nSPS) is 21.9. The molecule has 1 aromatic heterocycles. The maximum Gasteiger partial charge on any atom is 0.410 e. The third kappa shape index (κ3) is 7.78. The van der Waals surface area contributed by atoms with Gasteiger partial charge in [-0.25, -0.2) is 9.18 Å². The van der Waals surface area contributed by atoms with Crippen molar-refractivity contribution in [1.82, 2.24) is 15.1 Å². The summed E-state index contributed by atoms with van der Waals surface area (Å²) < 4.78 is 33.5. The number of fused-ring (bicyclic) bond motifs is 3. The molecule has 9 nitrogen and oxygen atoms in total. The molecular weight excluding hydrogens is 644 g/mol. The Morgan fingerprint density at radius 3 is 2.65 bits per heavy atom. The van der Waals surface area contributed by atoms with Gasteiger partial charge in [0, 0.05) is 25.0 Å². The van der Waals surface area contributed by atoms with Gasteiger partial charge >= 0.3 is 6.09 Å². The number of thiophene rings is 1. The highest BCUT2D eigenvalue weighted by molar-refractivity contribution is 7.22. The molecule has 2 saturated heterocycles. The fourth-order valence-corrected chi connectivity index (χ4v) is 8.44. The maximum absolute atomic E-state index is 16.1. The van der Waals surface area contributed by atoms with Crippen LogP contribution in [-0.2, 0) is 37.3 Å². The third-order valence-electron chi connectivity index (χ3n) is 10.3. The Balaban J connectivity index is 1.17. The second kappa shape index (κ2) is 14.4. The average molecular weight is 691 g/mol. The molecule has 0 radical (unpaired) electrons. The maximum atomic E-state index is 16.1. The van der Waals surface area contributed by atoms with Gasteiger partial charge in [-0.05, 0) is 118 Å². The van der Waals surface area contributed by atoms with Crippen molar-refractivity contribution >= 4 is 33.4 Å². The summed E-state index contributed by atoms with van der Waals surface area (Å²) in [5.41, 5.74) is 3.89. The molecule has 2 aliphatic heterocycles. The Morgan fingerprint density at radius 1 is 1.16 bits per heavy atom. The van der Waals surface area contributed by atoms with Crippen molar-refractivity contribution in [3.63, 3.8) is 0 Å². The van der Waals surface area contributed by atoms with E-state index in [-0.39, 0.29) is 36.9 Å². The largest absolute Gasteiger partial charge is 0.444 e. The van der Waals surface area contributed by atoms with Crippen LogP contribution in [-0.4, -0.2) is 92.6 Å². The van der Waals surface area contributed by atoms with Crippen molar-refractivity contribution in [2.75, 3.05) is 46.9 Å². The number of nitrogens with zero attached hydrogens (tertiary/aromatic N) is 3. The minimum atomic E-state index is -1.06. The molecule has 0 saturated carbocycles. The molecule has 11 heteroatoms. The molecule has 1 unspecified atom stereocenters. The van der Waals surface area contributed by atoms with Crippen molar-refractivity contribution in [1.29, 1.82) is 5.26 Å². The van der Waals surface area contributed by atoms with E-state index in [0.29, 0.717) is 23.2 Å². The topological polar surface area (TPSA) is 104 Å². The van der Waals surface area contributed by atoms with Crippen LogP contribution >= 0.6 is 11.3 Å². The first-order valence-electron chi connectivity index (χ1n) is 17.2. The summed E-state index contributed by atoms with van der Waals surface area (Å²) in [5.74, 6) is -0.937. The Morgan fingerprint density at radius 2 is 1.94 bits per heavy atom.